The fourth-order valence-electron chi connectivity index (χ4n) is 1.81. The van der Waals surface area contributed by atoms with Gasteiger partial charge in [0.15, 0.2) is 0 Å². The van der Waals surface area contributed by atoms with Crippen LogP contribution in [0.25, 0.3) is 0 Å². The zero-order valence-electron chi connectivity index (χ0n) is 9.73. The van der Waals surface area contributed by atoms with Crippen LogP contribution in [0.1, 0.15) is 18.2 Å². The largest absolute Gasteiger partial charge is 0.321 e. The molecule has 2 rings (SSSR count). The summed E-state index contributed by atoms with van der Waals surface area (Å²) in [5, 5.41) is 0. The first-order valence-electron chi connectivity index (χ1n) is 5.53. The highest BCUT2D eigenvalue weighted by Gasteiger charge is 2.21. The fraction of sp³-hybridized carbons (Fsp3) is 0.214. The molecule has 17 heavy (non-hydrogen) atoms. The molecule has 0 spiro atoms. The maximum absolute atomic E-state index is 6.36. The second-order valence-corrected chi connectivity index (χ2v) is 5.34. The fourth-order valence-corrected chi connectivity index (χ4v) is 2.08. The highest BCUT2D eigenvalue weighted by atomic mass is 79.9. The van der Waals surface area contributed by atoms with Gasteiger partial charge in [-0.1, -0.05) is 34.1 Å². The summed E-state index contributed by atoms with van der Waals surface area (Å²) in [6, 6.07) is 14.0. The molecule has 0 bridgehead atoms. The molecule has 1 unspecified atom stereocenters. The number of pyridine rings is 1. The molecule has 2 N–H and O–H groups in total. The van der Waals surface area contributed by atoms with Crippen molar-refractivity contribution in [1.82, 2.24) is 4.98 Å². The van der Waals surface area contributed by atoms with E-state index >= 15 is 0 Å². The molecule has 1 atom stereocenters. The van der Waals surface area contributed by atoms with Crippen LogP contribution in [0.15, 0.2) is 53.1 Å². The van der Waals surface area contributed by atoms with Gasteiger partial charge in [0.2, 0.25) is 0 Å². The van der Waals surface area contributed by atoms with Crippen LogP contribution in [0.5, 0.6) is 0 Å². The first-order valence-corrected chi connectivity index (χ1v) is 6.32. The van der Waals surface area contributed by atoms with Gasteiger partial charge in [0, 0.05) is 28.3 Å². The van der Waals surface area contributed by atoms with E-state index in [9.17, 15) is 0 Å². The van der Waals surface area contributed by atoms with Crippen LogP contribution in [-0.4, -0.2) is 4.98 Å². The van der Waals surface area contributed by atoms with Gasteiger partial charge in [0.05, 0.1) is 0 Å². The van der Waals surface area contributed by atoms with E-state index in [0.29, 0.717) is 0 Å². The molecule has 1 aromatic heterocycles. The minimum absolute atomic E-state index is 0.394. The molecule has 0 amide bonds. The summed E-state index contributed by atoms with van der Waals surface area (Å²) in [5.41, 5.74) is 8.10. The van der Waals surface area contributed by atoms with E-state index in [1.54, 1.807) is 6.20 Å². The highest BCUT2D eigenvalue weighted by molar-refractivity contribution is 9.10. The van der Waals surface area contributed by atoms with Gasteiger partial charge < -0.3 is 5.73 Å². The third-order valence-electron chi connectivity index (χ3n) is 2.78. The summed E-state index contributed by atoms with van der Waals surface area (Å²) in [7, 11) is 0. The Kier molecular flexibility index (Phi) is 3.60. The standard InChI is InChI=1S/C14H15BrN2/c1-14(16,10-13-4-2-3-9-17-13)11-5-7-12(15)8-6-11/h2-9H,10,16H2,1H3. The van der Waals surface area contributed by atoms with Gasteiger partial charge >= 0.3 is 0 Å². The molecule has 0 saturated carbocycles. The van der Waals surface area contributed by atoms with E-state index in [0.717, 1.165) is 22.2 Å². The monoisotopic (exact) mass is 290 g/mol. The summed E-state index contributed by atoms with van der Waals surface area (Å²) >= 11 is 3.43. The number of nitrogens with zero attached hydrogens (tertiary/aromatic N) is 1. The summed E-state index contributed by atoms with van der Waals surface area (Å²) in [4.78, 5) is 4.32. The molecule has 88 valence electrons. The van der Waals surface area contributed by atoms with Crippen molar-refractivity contribution in [2.45, 2.75) is 18.9 Å². The Morgan fingerprint density at radius 3 is 2.47 bits per heavy atom. The third-order valence-corrected chi connectivity index (χ3v) is 3.31. The van der Waals surface area contributed by atoms with E-state index in [1.807, 2.05) is 49.4 Å². The van der Waals surface area contributed by atoms with Crippen molar-refractivity contribution < 1.29 is 0 Å². The van der Waals surface area contributed by atoms with Crippen LogP contribution in [-0.2, 0) is 12.0 Å². The first kappa shape index (κ1) is 12.3. The summed E-state index contributed by atoms with van der Waals surface area (Å²) in [6.45, 7) is 2.03. The number of rotatable bonds is 3. The Bertz CT molecular complexity index is 477. The van der Waals surface area contributed by atoms with Crippen molar-refractivity contribution in [3.63, 3.8) is 0 Å². The number of nitrogens with two attached hydrogens (primary N) is 1. The van der Waals surface area contributed by atoms with Crippen LogP contribution in [0.4, 0.5) is 0 Å². The molecule has 0 aliphatic carbocycles. The minimum Gasteiger partial charge on any atom is -0.321 e. The first-order chi connectivity index (χ1) is 8.08. The molecule has 3 heteroatoms. The molecule has 2 nitrogen and oxygen atoms in total. The number of aromatic nitrogens is 1. The SMILES string of the molecule is CC(N)(Cc1ccccn1)c1ccc(Br)cc1. The van der Waals surface area contributed by atoms with Crippen molar-refractivity contribution in [2.24, 2.45) is 5.73 Å². The molecule has 1 aromatic carbocycles. The van der Waals surface area contributed by atoms with Crippen LogP contribution >= 0.6 is 15.9 Å². The van der Waals surface area contributed by atoms with Crippen LogP contribution in [0, 0.1) is 0 Å². The van der Waals surface area contributed by atoms with Gasteiger partial charge in [-0.3, -0.25) is 4.98 Å². The van der Waals surface area contributed by atoms with Crippen molar-refractivity contribution in [1.29, 1.82) is 0 Å². The van der Waals surface area contributed by atoms with Gasteiger partial charge in [-0.25, -0.2) is 0 Å². The molecule has 0 aliphatic heterocycles. The van der Waals surface area contributed by atoms with Crippen molar-refractivity contribution in [3.05, 3.63) is 64.4 Å². The molecule has 0 saturated heterocycles. The lowest BCUT2D eigenvalue weighted by Gasteiger charge is -2.25. The lowest BCUT2D eigenvalue weighted by molar-refractivity contribution is 0.485. The Labute approximate surface area is 110 Å². The Hall–Kier alpha value is -1.19. The Balaban J connectivity index is 2.21. The lowest BCUT2D eigenvalue weighted by atomic mass is 9.88. The normalized spacial score (nSPS) is 14.3. The average molecular weight is 291 g/mol. The van der Waals surface area contributed by atoms with Crippen LogP contribution < -0.4 is 5.73 Å². The minimum atomic E-state index is -0.394. The predicted molar refractivity (Wildman–Crippen MR) is 73.6 cm³/mol. The van der Waals surface area contributed by atoms with Crippen molar-refractivity contribution in [3.8, 4) is 0 Å². The maximum Gasteiger partial charge on any atom is 0.0437 e. The smallest absolute Gasteiger partial charge is 0.0437 e. The van der Waals surface area contributed by atoms with Crippen molar-refractivity contribution in [2.75, 3.05) is 0 Å². The topological polar surface area (TPSA) is 38.9 Å². The average Bonchev–Trinajstić information content (AvgIpc) is 2.30. The van der Waals surface area contributed by atoms with Gasteiger partial charge in [0.1, 0.15) is 0 Å². The molecule has 1 heterocycles. The summed E-state index contributed by atoms with van der Waals surface area (Å²) in [5.74, 6) is 0. The molecule has 2 aromatic rings. The molecule has 0 fully saturated rings. The van der Waals surface area contributed by atoms with Crippen LogP contribution in [0.2, 0.25) is 0 Å². The van der Waals surface area contributed by atoms with Crippen molar-refractivity contribution >= 4 is 15.9 Å². The van der Waals surface area contributed by atoms with Gasteiger partial charge in [0.25, 0.3) is 0 Å². The quantitative estimate of drug-likeness (QED) is 0.942. The molecular weight excluding hydrogens is 276 g/mol. The zero-order valence-corrected chi connectivity index (χ0v) is 11.3. The number of hydrogen-bond donors (Lipinski definition) is 1. The second kappa shape index (κ2) is 4.98. The highest BCUT2D eigenvalue weighted by Crippen LogP contribution is 2.23. The van der Waals surface area contributed by atoms with E-state index < -0.39 is 5.54 Å². The molecule has 0 radical (unpaired) electrons. The van der Waals surface area contributed by atoms with E-state index in [2.05, 4.69) is 20.9 Å². The van der Waals surface area contributed by atoms with Gasteiger partial charge in [-0.2, -0.15) is 0 Å². The third kappa shape index (κ3) is 3.14. The van der Waals surface area contributed by atoms with Gasteiger partial charge in [-0.15, -0.1) is 0 Å². The summed E-state index contributed by atoms with van der Waals surface area (Å²) < 4.78 is 1.06. The Morgan fingerprint density at radius 2 is 1.88 bits per heavy atom. The lowest BCUT2D eigenvalue weighted by Crippen LogP contribution is -2.35. The van der Waals surface area contributed by atoms with Gasteiger partial charge in [-0.05, 0) is 36.8 Å². The summed E-state index contributed by atoms with van der Waals surface area (Å²) in [6.07, 6.45) is 2.53. The Morgan fingerprint density at radius 1 is 1.18 bits per heavy atom. The number of halogens is 1. The predicted octanol–water partition coefficient (Wildman–Crippen LogP) is 3.26. The maximum atomic E-state index is 6.36. The van der Waals surface area contributed by atoms with E-state index in [4.69, 9.17) is 5.73 Å². The zero-order chi connectivity index (χ0) is 12.3. The molecular formula is C14H15BrN2. The van der Waals surface area contributed by atoms with E-state index in [1.165, 1.54) is 0 Å². The number of hydrogen-bond acceptors (Lipinski definition) is 2. The number of benzene rings is 1. The second-order valence-electron chi connectivity index (χ2n) is 4.42. The van der Waals surface area contributed by atoms with E-state index in [-0.39, 0.29) is 0 Å². The van der Waals surface area contributed by atoms with Crippen LogP contribution in [0.3, 0.4) is 0 Å². The molecule has 0 aliphatic rings.